The van der Waals surface area contributed by atoms with Crippen LogP contribution in [-0.4, -0.2) is 59.6 Å². The summed E-state index contributed by atoms with van der Waals surface area (Å²) in [4.78, 5) is 12.9. The van der Waals surface area contributed by atoms with Crippen LogP contribution < -0.4 is 9.62 Å². The van der Waals surface area contributed by atoms with Crippen molar-refractivity contribution in [2.24, 2.45) is 0 Å². The molecule has 0 atom stereocenters. The molecular formula is C25H27N3O6S2. The van der Waals surface area contributed by atoms with E-state index < -0.39 is 26.0 Å². The van der Waals surface area contributed by atoms with Crippen LogP contribution in [0.5, 0.6) is 0 Å². The van der Waals surface area contributed by atoms with E-state index in [4.69, 9.17) is 4.74 Å². The summed E-state index contributed by atoms with van der Waals surface area (Å²) < 4.78 is 58.1. The fraction of sp³-hybridized carbons (Fsp3) is 0.240. The number of morpholine rings is 1. The Kier molecular flexibility index (Phi) is 7.74. The Balaban J connectivity index is 1.45. The molecule has 0 aromatic heterocycles. The first-order chi connectivity index (χ1) is 17.1. The smallest absolute Gasteiger partial charge is 0.255 e. The van der Waals surface area contributed by atoms with Crippen LogP contribution in [0.2, 0.25) is 0 Å². The van der Waals surface area contributed by atoms with Gasteiger partial charge in [0.1, 0.15) is 0 Å². The average Bonchev–Trinajstić information content (AvgIpc) is 2.88. The second-order valence-electron chi connectivity index (χ2n) is 8.30. The Hall–Kier alpha value is -3.25. The maximum Gasteiger partial charge on any atom is 0.255 e. The van der Waals surface area contributed by atoms with Crippen LogP contribution in [-0.2, 0) is 31.3 Å². The Morgan fingerprint density at radius 1 is 0.889 bits per heavy atom. The zero-order valence-corrected chi connectivity index (χ0v) is 21.3. The molecule has 1 aliphatic heterocycles. The molecule has 1 fully saturated rings. The summed E-state index contributed by atoms with van der Waals surface area (Å²) in [6, 6.07) is 21.5. The largest absolute Gasteiger partial charge is 0.379 e. The molecule has 9 nitrogen and oxygen atoms in total. The maximum absolute atomic E-state index is 12.8. The van der Waals surface area contributed by atoms with Crippen molar-refractivity contribution in [3.8, 4) is 0 Å². The summed E-state index contributed by atoms with van der Waals surface area (Å²) in [6.45, 7) is 1.50. The van der Waals surface area contributed by atoms with Crippen molar-refractivity contribution >= 4 is 37.3 Å². The van der Waals surface area contributed by atoms with Gasteiger partial charge in [-0.25, -0.2) is 16.8 Å². The SMILES string of the molecule is CS(=O)(=O)N(Cc1ccccc1)c1ccc(C(=O)Nc2ccc(S(=O)(=O)N3CCOCC3)cc2)cc1. The molecule has 1 heterocycles. The highest BCUT2D eigenvalue weighted by Crippen LogP contribution is 2.23. The van der Waals surface area contributed by atoms with Gasteiger partial charge < -0.3 is 10.1 Å². The van der Waals surface area contributed by atoms with E-state index in [1.807, 2.05) is 30.3 Å². The quantitative estimate of drug-likeness (QED) is 0.480. The Morgan fingerprint density at radius 3 is 2.08 bits per heavy atom. The Labute approximate surface area is 211 Å². The van der Waals surface area contributed by atoms with Gasteiger partial charge in [-0.05, 0) is 54.1 Å². The number of anilines is 2. The number of carbonyl (C=O) groups is 1. The fourth-order valence-corrected chi connectivity index (χ4v) is 6.07. The lowest BCUT2D eigenvalue weighted by Gasteiger charge is -2.26. The number of rotatable bonds is 8. The molecule has 36 heavy (non-hydrogen) atoms. The minimum Gasteiger partial charge on any atom is -0.379 e. The van der Waals surface area contributed by atoms with Gasteiger partial charge in [0.25, 0.3) is 5.91 Å². The van der Waals surface area contributed by atoms with Gasteiger partial charge in [0, 0.05) is 24.3 Å². The van der Waals surface area contributed by atoms with Crippen LogP contribution in [0.3, 0.4) is 0 Å². The lowest BCUT2D eigenvalue weighted by atomic mass is 10.1. The van der Waals surface area contributed by atoms with E-state index in [9.17, 15) is 21.6 Å². The van der Waals surface area contributed by atoms with Gasteiger partial charge in [-0.15, -0.1) is 0 Å². The standard InChI is InChI=1S/C25H27N3O6S2/c1-35(30,31)28(19-20-5-3-2-4-6-20)23-11-7-21(8-12-23)25(29)26-22-9-13-24(14-10-22)36(32,33)27-15-17-34-18-16-27/h2-14H,15-19H2,1H3,(H,26,29). The molecule has 1 aliphatic rings. The van der Waals surface area contributed by atoms with E-state index in [-0.39, 0.29) is 11.4 Å². The number of amides is 1. The predicted octanol–water partition coefficient (Wildman–Crippen LogP) is 2.93. The molecule has 4 rings (SSSR count). The molecule has 0 unspecified atom stereocenters. The summed E-state index contributed by atoms with van der Waals surface area (Å²) in [5.74, 6) is -0.403. The van der Waals surface area contributed by atoms with E-state index in [0.717, 1.165) is 11.8 Å². The van der Waals surface area contributed by atoms with E-state index >= 15 is 0 Å². The summed E-state index contributed by atoms with van der Waals surface area (Å²) in [6.07, 6.45) is 1.14. The third kappa shape index (κ3) is 6.11. The third-order valence-corrected chi connectivity index (χ3v) is 8.76. The molecule has 3 aromatic carbocycles. The van der Waals surface area contributed by atoms with Crippen LogP contribution in [0.4, 0.5) is 11.4 Å². The highest BCUT2D eigenvalue weighted by molar-refractivity contribution is 7.92. The zero-order valence-electron chi connectivity index (χ0n) is 19.7. The first-order valence-electron chi connectivity index (χ1n) is 11.3. The van der Waals surface area contributed by atoms with E-state index in [0.29, 0.717) is 43.2 Å². The van der Waals surface area contributed by atoms with E-state index in [2.05, 4.69) is 5.32 Å². The van der Waals surface area contributed by atoms with Crippen molar-refractivity contribution in [3.63, 3.8) is 0 Å². The number of hydrogen-bond donors (Lipinski definition) is 1. The van der Waals surface area contributed by atoms with Gasteiger partial charge in [-0.2, -0.15) is 4.31 Å². The number of benzene rings is 3. The van der Waals surface area contributed by atoms with Crippen molar-refractivity contribution in [1.82, 2.24) is 4.31 Å². The van der Waals surface area contributed by atoms with Crippen LogP contribution >= 0.6 is 0 Å². The van der Waals surface area contributed by atoms with Crippen LogP contribution in [0.15, 0.2) is 83.8 Å². The molecule has 0 spiro atoms. The Morgan fingerprint density at radius 2 is 1.50 bits per heavy atom. The molecule has 0 saturated carbocycles. The third-order valence-electron chi connectivity index (χ3n) is 5.71. The zero-order chi connectivity index (χ0) is 25.8. The molecule has 0 radical (unpaired) electrons. The highest BCUT2D eigenvalue weighted by atomic mass is 32.2. The molecule has 3 aromatic rings. The van der Waals surface area contributed by atoms with Crippen molar-refractivity contribution in [3.05, 3.63) is 90.0 Å². The van der Waals surface area contributed by atoms with Gasteiger partial charge in [0.2, 0.25) is 20.0 Å². The van der Waals surface area contributed by atoms with Crippen LogP contribution in [0.25, 0.3) is 0 Å². The lowest BCUT2D eigenvalue weighted by Crippen LogP contribution is -2.40. The van der Waals surface area contributed by atoms with E-state index in [1.54, 1.807) is 24.3 Å². The molecule has 1 amide bonds. The molecule has 0 aliphatic carbocycles. The lowest BCUT2D eigenvalue weighted by molar-refractivity contribution is 0.0730. The number of nitrogens with one attached hydrogen (secondary N) is 1. The van der Waals surface area contributed by atoms with Crippen LogP contribution in [0.1, 0.15) is 15.9 Å². The summed E-state index contributed by atoms with van der Waals surface area (Å²) in [5, 5.41) is 2.74. The maximum atomic E-state index is 12.8. The second-order valence-corrected chi connectivity index (χ2v) is 12.1. The molecule has 190 valence electrons. The Bertz CT molecular complexity index is 1400. The topological polar surface area (TPSA) is 113 Å². The monoisotopic (exact) mass is 529 g/mol. The van der Waals surface area contributed by atoms with Gasteiger partial charge >= 0.3 is 0 Å². The number of sulfonamides is 2. The number of nitrogens with zero attached hydrogens (tertiary/aromatic N) is 2. The van der Waals surface area contributed by atoms with Crippen molar-refractivity contribution < 1.29 is 26.4 Å². The van der Waals surface area contributed by atoms with Gasteiger partial charge in [0.15, 0.2) is 0 Å². The minimum atomic E-state index is -3.62. The molecule has 1 N–H and O–H groups in total. The van der Waals surface area contributed by atoms with Gasteiger partial charge in [-0.1, -0.05) is 30.3 Å². The average molecular weight is 530 g/mol. The van der Waals surface area contributed by atoms with Crippen molar-refractivity contribution in [2.75, 3.05) is 42.2 Å². The molecule has 11 heteroatoms. The first kappa shape index (κ1) is 25.8. The van der Waals surface area contributed by atoms with Crippen molar-refractivity contribution in [2.45, 2.75) is 11.4 Å². The minimum absolute atomic E-state index is 0.144. The first-order valence-corrected chi connectivity index (χ1v) is 14.5. The predicted molar refractivity (Wildman–Crippen MR) is 138 cm³/mol. The normalized spacial score (nSPS) is 14.8. The summed E-state index contributed by atoms with van der Waals surface area (Å²) in [5.41, 5.74) is 2.04. The number of ether oxygens (including phenoxy) is 1. The fourth-order valence-electron chi connectivity index (χ4n) is 3.78. The van der Waals surface area contributed by atoms with E-state index in [1.165, 1.54) is 32.9 Å². The summed E-state index contributed by atoms with van der Waals surface area (Å²) in [7, 11) is -7.17. The number of carbonyl (C=O) groups excluding carboxylic acids is 1. The van der Waals surface area contributed by atoms with Gasteiger partial charge in [0.05, 0.1) is 36.6 Å². The van der Waals surface area contributed by atoms with Crippen LogP contribution in [0, 0.1) is 0 Å². The van der Waals surface area contributed by atoms with Crippen molar-refractivity contribution in [1.29, 1.82) is 0 Å². The number of hydrogen-bond acceptors (Lipinski definition) is 6. The molecule has 1 saturated heterocycles. The second kappa shape index (κ2) is 10.8. The highest BCUT2D eigenvalue weighted by Gasteiger charge is 2.26. The molecular weight excluding hydrogens is 502 g/mol. The summed E-state index contributed by atoms with van der Waals surface area (Å²) >= 11 is 0. The molecule has 0 bridgehead atoms. The van der Waals surface area contributed by atoms with Gasteiger partial charge in [-0.3, -0.25) is 9.10 Å².